The van der Waals surface area contributed by atoms with Crippen molar-refractivity contribution in [1.29, 1.82) is 0 Å². The van der Waals surface area contributed by atoms with Gasteiger partial charge in [0.05, 0.1) is 6.42 Å². The van der Waals surface area contributed by atoms with Crippen molar-refractivity contribution in [3.63, 3.8) is 0 Å². The third-order valence-electron chi connectivity index (χ3n) is 4.54. The average molecular weight is 340 g/mol. The number of halogens is 2. The van der Waals surface area contributed by atoms with Gasteiger partial charge in [-0.05, 0) is 25.0 Å². The first-order valence-electron chi connectivity index (χ1n) is 7.81. The van der Waals surface area contributed by atoms with Gasteiger partial charge in [0, 0.05) is 42.8 Å². The number of hydrogen-bond acceptors (Lipinski definition) is 2. The van der Waals surface area contributed by atoms with Crippen LogP contribution >= 0.6 is 11.6 Å². The summed E-state index contributed by atoms with van der Waals surface area (Å²) in [6.07, 6.45) is 1.48. The third-order valence-corrected chi connectivity index (χ3v) is 4.89. The molecular formula is C16H19ClFN3O2. The fourth-order valence-corrected chi connectivity index (χ4v) is 3.46. The summed E-state index contributed by atoms with van der Waals surface area (Å²) in [7, 11) is 0. The molecule has 1 aromatic carbocycles. The number of rotatable bonds is 3. The molecule has 1 N–H and O–H groups in total. The Bertz CT molecular complexity index is 597. The van der Waals surface area contributed by atoms with E-state index < -0.39 is 5.82 Å². The van der Waals surface area contributed by atoms with Gasteiger partial charge in [-0.15, -0.1) is 0 Å². The smallest absolute Gasteiger partial charge is 0.317 e. The molecule has 0 radical (unpaired) electrons. The van der Waals surface area contributed by atoms with Crippen molar-refractivity contribution in [2.45, 2.75) is 25.3 Å². The second-order valence-electron chi connectivity index (χ2n) is 5.91. The van der Waals surface area contributed by atoms with Crippen LogP contribution in [-0.4, -0.2) is 54.0 Å². The molecule has 0 saturated carbocycles. The number of nitrogens with zero attached hydrogens (tertiary/aromatic N) is 2. The second kappa shape index (κ2) is 6.74. The van der Waals surface area contributed by atoms with Crippen molar-refractivity contribution in [1.82, 2.24) is 15.1 Å². The maximum Gasteiger partial charge on any atom is 0.317 e. The number of urea groups is 1. The Morgan fingerprint density at radius 3 is 2.65 bits per heavy atom. The van der Waals surface area contributed by atoms with Gasteiger partial charge in [-0.25, -0.2) is 9.18 Å². The summed E-state index contributed by atoms with van der Waals surface area (Å²) in [5.74, 6) is -0.573. The Balaban J connectivity index is 1.57. The number of carbonyl (C=O) groups excluding carboxylic acids is 2. The normalized spacial score (nSPS) is 19.1. The molecule has 0 unspecified atom stereocenters. The monoisotopic (exact) mass is 339 g/mol. The van der Waals surface area contributed by atoms with E-state index in [0.29, 0.717) is 19.6 Å². The molecule has 5 nitrogen and oxygen atoms in total. The number of carbonyl (C=O) groups is 2. The van der Waals surface area contributed by atoms with E-state index in [-0.39, 0.29) is 35.0 Å². The van der Waals surface area contributed by atoms with Gasteiger partial charge in [-0.3, -0.25) is 4.79 Å². The van der Waals surface area contributed by atoms with E-state index in [9.17, 15) is 14.0 Å². The minimum absolute atomic E-state index is 0.0204. The lowest BCUT2D eigenvalue weighted by atomic mass is 10.0. The van der Waals surface area contributed by atoms with E-state index in [1.54, 1.807) is 11.0 Å². The van der Waals surface area contributed by atoms with Crippen LogP contribution in [0.2, 0.25) is 5.02 Å². The summed E-state index contributed by atoms with van der Waals surface area (Å²) < 4.78 is 13.8. The largest absolute Gasteiger partial charge is 0.342 e. The molecule has 0 bridgehead atoms. The van der Waals surface area contributed by atoms with Crippen LogP contribution in [0.15, 0.2) is 18.2 Å². The number of likely N-dealkylation sites (tertiary alicyclic amines) is 1. The SMILES string of the molecule is O=C(Cc1c(F)cccc1Cl)N1CCC(N2CCNC2=O)CC1. The molecule has 2 saturated heterocycles. The fourth-order valence-electron chi connectivity index (χ4n) is 3.23. The first-order chi connectivity index (χ1) is 11.1. The number of benzene rings is 1. The summed E-state index contributed by atoms with van der Waals surface area (Å²) in [5, 5.41) is 3.08. The Morgan fingerprint density at radius 1 is 1.30 bits per heavy atom. The highest BCUT2D eigenvalue weighted by Crippen LogP contribution is 2.22. The van der Waals surface area contributed by atoms with E-state index in [4.69, 9.17) is 11.6 Å². The number of hydrogen-bond donors (Lipinski definition) is 1. The van der Waals surface area contributed by atoms with Crippen molar-refractivity contribution in [3.8, 4) is 0 Å². The van der Waals surface area contributed by atoms with Gasteiger partial charge in [0.25, 0.3) is 0 Å². The summed E-state index contributed by atoms with van der Waals surface area (Å²) in [4.78, 5) is 27.6. The molecule has 2 fully saturated rings. The van der Waals surface area contributed by atoms with Crippen LogP contribution in [0.5, 0.6) is 0 Å². The van der Waals surface area contributed by atoms with Crippen LogP contribution in [0.4, 0.5) is 9.18 Å². The molecule has 0 atom stereocenters. The minimum Gasteiger partial charge on any atom is -0.342 e. The van der Waals surface area contributed by atoms with Gasteiger partial charge in [-0.2, -0.15) is 0 Å². The van der Waals surface area contributed by atoms with E-state index in [1.807, 2.05) is 4.90 Å². The topological polar surface area (TPSA) is 52.7 Å². The zero-order valence-electron chi connectivity index (χ0n) is 12.7. The number of amides is 3. The fraction of sp³-hybridized carbons (Fsp3) is 0.500. The molecule has 3 amide bonds. The van der Waals surface area contributed by atoms with E-state index in [2.05, 4.69) is 5.32 Å². The molecule has 2 heterocycles. The van der Waals surface area contributed by atoms with Crippen molar-refractivity contribution >= 4 is 23.5 Å². The predicted octanol–water partition coefficient (Wildman–Crippen LogP) is 2.04. The van der Waals surface area contributed by atoms with E-state index >= 15 is 0 Å². The van der Waals surface area contributed by atoms with Gasteiger partial charge in [0.2, 0.25) is 5.91 Å². The zero-order valence-corrected chi connectivity index (χ0v) is 13.5. The lowest BCUT2D eigenvalue weighted by molar-refractivity contribution is -0.131. The highest BCUT2D eigenvalue weighted by atomic mass is 35.5. The molecule has 0 aliphatic carbocycles. The first-order valence-corrected chi connectivity index (χ1v) is 8.19. The van der Waals surface area contributed by atoms with Gasteiger partial charge >= 0.3 is 6.03 Å². The van der Waals surface area contributed by atoms with Crippen molar-refractivity contribution in [2.75, 3.05) is 26.2 Å². The minimum atomic E-state index is -0.450. The van der Waals surface area contributed by atoms with Gasteiger partial charge < -0.3 is 15.1 Å². The molecule has 124 valence electrons. The maximum absolute atomic E-state index is 13.8. The van der Waals surface area contributed by atoms with E-state index in [1.165, 1.54) is 12.1 Å². The zero-order chi connectivity index (χ0) is 16.4. The summed E-state index contributed by atoms with van der Waals surface area (Å²) in [6.45, 7) is 2.57. The highest BCUT2D eigenvalue weighted by molar-refractivity contribution is 6.31. The molecule has 7 heteroatoms. The standard InChI is InChI=1S/C16H19ClFN3O2/c17-13-2-1-3-14(18)12(13)10-15(22)20-7-4-11(5-8-20)21-9-6-19-16(21)23/h1-3,11H,4-10H2,(H,19,23). The molecule has 2 aliphatic rings. The highest BCUT2D eigenvalue weighted by Gasteiger charge is 2.32. The number of piperidine rings is 1. The lowest BCUT2D eigenvalue weighted by Crippen LogP contribution is -2.48. The van der Waals surface area contributed by atoms with Crippen LogP contribution in [0.1, 0.15) is 18.4 Å². The quantitative estimate of drug-likeness (QED) is 0.916. The summed E-state index contributed by atoms with van der Waals surface area (Å²) >= 11 is 5.98. The molecule has 0 spiro atoms. The van der Waals surface area contributed by atoms with E-state index in [0.717, 1.165) is 19.4 Å². The second-order valence-corrected chi connectivity index (χ2v) is 6.32. The van der Waals surface area contributed by atoms with Crippen LogP contribution in [-0.2, 0) is 11.2 Å². The van der Waals surface area contributed by atoms with Gasteiger partial charge in [-0.1, -0.05) is 17.7 Å². The molecule has 1 aromatic rings. The van der Waals surface area contributed by atoms with Crippen LogP contribution in [0, 0.1) is 5.82 Å². The first kappa shape index (κ1) is 16.1. The summed E-state index contributed by atoms with van der Waals surface area (Å²) in [5.41, 5.74) is 0.250. The Labute approximate surface area is 139 Å². The maximum atomic E-state index is 13.8. The van der Waals surface area contributed by atoms with Crippen molar-refractivity contribution < 1.29 is 14.0 Å². The molecule has 2 aliphatic heterocycles. The number of nitrogens with one attached hydrogen (secondary N) is 1. The van der Waals surface area contributed by atoms with Gasteiger partial charge in [0.15, 0.2) is 0 Å². The molecular weight excluding hydrogens is 321 g/mol. The van der Waals surface area contributed by atoms with Crippen molar-refractivity contribution in [2.24, 2.45) is 0 Å². The Hall–Kier alpha value is -1.82. The molecule has 23 heavy (non-hydrogen) atoms. The predicted molar refractivity (Wildman–Crippen MR) is 84.8 cm³/mol. The third kappa shape index (κ3) is 3.42. The molecule has 3 rings (SSSR count). The Morgan fingerprint density at radius 2 is 2.04 bits per heavy atom. The van der Waals surface area contributed by atoms with Crippen molar-refractivity contribution in [3.05, 3.63) is 34.6 Å². The lowest BCUT2D eigenvalue weighted by Gasteiger charge is -2.36. The van der Waals surface area contributed by atoms with Crippen LogP contribution in [0.3, 0.4) is 0 Å². The summed E-state index contributed by atoms with van der Waals surface area (Å²) in [6, 6.07) is 4.59. The Kier molecular flexibility index (Phi) is 4.71. The van der Waals surface area contributed by atoms with Crippen LogP contribution < -0.4 is 5.32 Å². The molecule has 0 aromatic heterocycles. The van der Waals surface area contributed by atoms with Gasteiger partial charge in [0.1, 0.15) is 5.82 Å². The van der Waals surface area contributed by atoms with Crippen LogP contribution in [0.25, 0.3) is 0 Å². The average Bonchev–Trinajstić information content (AvgIpc) is 2.97.